The summed E-state index contributed by atoms with van der Waals surface area (Å²) in [5.41, 5.74) is 0.489. The molecule has 2 heterocycles. The van der Waals surface area contributed by atoms with E-state index >= 15 is 0 Å². The minimum Gasteiger partial charge on any atom is -0.385 e. The normalized spacial score (nSPS) is 21.9. The van der Waals surface area contributed by atoms with Crippen molar-refractivity contribution in [3.8, 4) is 0 Å². The Bertz CT molecular complexity index is 402. The topological polar surface area (TPSA) is 54.8 Å². The first kappa shape index (κ1) is 15.3. The summed E-state index contributed by atoms with van der Waals surface area (Å²) in [4.78, 5) is 6.10. The van der Waals surface area contributed by atoms with Crippen molar-refractivity contribution in [3.63, 3.8) is 0 Å². The van der Waals surface area contributed by atoms with E-state index < -0.39 is 11.9 Å². The molecule has 0 radical (unpaired) electrons. The predicted octanol–water partition coefficient (Wildman–Crippen LogP) is 0.991. The molecule has 1 aromatic heterocycles. The van der Waals surface area contributed by atoms with Crippen molar-refractivity contribution in [1.29, 1.82) is 0 Å². The number of hydrogen-bond donors (Lipinski definition) is 1. The van der Waals surface area contributed by atoms with E-state index in [0.29, 0.717) is 32.1 Å². The monoisotopic (exact) mass is 284 g/mol. The Labute approximate surface area is 118 Å². The van der Waals surface area contributed by atoms with Gasteiger partial charge in [-0.25, -0.2) is 4.39 Å². The van der Waals surface area contributed by atoms with Gasteiger partial charge in [0.25, 0.3) is 0 Å². The number of pyridine rings is 1. The number of β-amino-alcohol motifs (C(OH)–C–C–N with tert-alkyl or cyclic N) is 1. The molecule has 2 atom stereocenters. The first-order chi connectivity index (χ1) is 9.70. The van der Waals surface area contributed by atoms with Crippen LogP contribution in [0.4, 0.5) is 4.39 Å². The lowest BCUT2D eigenvalue weighted by Gasteiger charge is -2.36. The van der Waals surface area contributed by atoms with Gasteiger partial charge in [0.2, 0.25) is 0 Å². The molecule has 0 aromatic carbocycles. The van der Waals surface area contributed by atoms with Crippen molar-refractivity contribution in [3.05, 3.63) is 29.8 Å². The van der Waals surface area contributed by atoms with Gasteiger partial charge in [0.05, 0.1) is 25.1 Å². The molecule has 1 fully saturated rings. The molecule has 0 aliphatic carbocycles. The van der Waals surface area contributed by atoms with Crippen LogP contribution in [0.15, 0.2) is 18.3 Å². The summed E-state index contributed by atoms with van der Waals surface area (Å²) in [7, 11) is 1.67. The van der Waals surface area contributed by atoms with Crippen LogP contribution in [0.25, 0.3) is 0 Å². The number of hydrogen-bond acceptors (Lipinski definition) is 5. The average molecular weight is 284 g/mol. The Morgan fingerprint density at radius 3 is 3.15 bits per heavy atom. The van der Waals surface area contributed by atoms with Gasteiger partial charge in [-0.15, -0.1) is 0 Å². The molecule has 0 spiro atoms. The van der Waals surface area contributed by atoms with Crippen molar-refractivity contribution in [2.45, 2.75) is 18.6 Å². The van der Waals surface area contributed by atoms with Gasteiger partial charge in [0.15, 0.2) is 0 Å². The largest absolute Gasteiger partial charge is 0.385 e. The van der Waals surface area contributed by atoms with Gasteiger partial charge in [0.1, 0.15) is 11.9 Å². The fourth-order valence-corrected chi connectivity index (χ4v) is 2.35. The van der Waals surface area contributed by atoms with Crippen LogP contribution in [0.1, 0.15) is 18.2 Å². The SMILES string of the molecule is COCCC1COCCN1CC(O)c1ccc(F)cn1. The molecule has 6 heteroatoms. The van der Waals surface area contributed by atoms with E-state index in [9.17, 15) is 9.50 Å². The molecule has 0 bridgehead atoms. The van der Waals surface area contributed by atoms with E-state index in [-0.39, 0.29) is 6.04 Å². The quantitative estimate of drug-likeness (QED) is 0.844. The molecule has 2 unspecified atom stereocenters. The lowest BCUT2D eigenvalue weighted by atomic mass is 10.1. The van der Waals surface area contributed by atoms with Gasteiger partial charge in [0, 0.05) is 32.8 Å². The minimum atomic E-state index is -0.723. The fourth-order valence-electron chi connectivity index (χ4n) is 2.35. The van der Waals surface area contributed by atoms with E-state index in [0.717, 1.165) is 19.2 Å². The van der Waals surface area contributed by atoms with E-state index in [2.05, 4.69) is 9.88 Å². The second kappa shape index (κ2) is 7.64. The Hall–Kier alpha value is -1.08. The summed E-state index contributed by atoms with van der Waals surface area (Å²) in [6.45, 7) is 3.21. The van der Waals surface area contributed by atoms with Gasteiger partial charge in [-0.2, -0.15) is 0 Å². The van der Waals surface area contributed by atoms with Crippen LogP contribution in [-0.2, 0) is 9.47 Å². The summed E-state index contributed by atoms with van der Waals surface area (Å²) in [5.74, 6) is -0.398. The molecule has 1 saturated heterocycles. The molecule has 0 saturated carbocycles. The molecule has 112 valence electrons. The lowest BCUT2D eigenvalue weighted by molar-refractivity contribution is -0.0359. The molecule has 1 aromatic rings. The number of aliphatic hydroxyl groups excluding tert-OH is 1. The zero-order valence-corrected chi connectivity index (χ0v) is 11.7. The Kier molecular flexibility index (Phi) is 5.85. The fraction of sp³-hybridized carbons (Fsp3) is 0.643. The zero-order valence-electron chi connectivity index (χ0n) is 11.7. The van der Waals surface area contributed by atoms with Crippen molar-refractivity contribution in [2.24, 2.45) is 0 Å². The van der Waals surface area contributed by atoms with Crippen LogP contribution >= 0.6 is 0 Å². The molecular weight excluding hydrogens is 263 g/mol. The Morgan fingerprint density at radius 1 is 1.60 bits per heavy atom. The second-order valence-electron chi connectivity index (χ2n) is 4.92. The molecule has 2 rings (SSSR count). The molecular formula is C14H21FN2O3. The van der Waals surface area contributed by atoms with Gasteiger partial charge >= 0.3 is 0 Å². The molecule has 0 amide bonds. The minimum absolute atomic E-state index is 0.235. The molecule has 20 heavy (non-hydrogen) atoms. The van der Waals surface area contributed by atoms with Crippen molar-refractivity contribution < 1.29 is 19.0 Å². The number of aromatic nitrogens is 1. The number of aliphatic hydroxyl groups is 1. The molecule has 1 N–H and O–H groups in total. The van der Waals surface area contributed by atoms with Crippen LogP contribution in [0.5, 0.6) is 0 Å². The van der Waals surface area contributed by atoms with Crippen LogP contribution in [0.2, 0.25) is 0 Å². The summed E-state index contributed by atoms with van der Waals surface area (Å²) in [5, 5.41) is 10.2. The number of halogens is 1. The highest BCUT2D eigenvalue weighted by Crippen LogP contribution is 2.17. The van der Waals surface area contributed by atoms with Gasteiger partial charge in [-0.05, 0) is 18.6 Å². The van der Waals surface area contributed by atoms with Crippen LogP contribution in [0.3, 0.4) is 0 Å². The maximum atomic E-state index is 12.8. The van der Waals surface area contributed by atoms with Gasteiger partial charge in [-0.3, -0.25) is 9.88 Å². The number of methoxy groups -OCH3 is 1. The average Bonchev–Trinajstić information content (AvgIpc) is 2.47. The number of ether oxygens (including phenoxy) is 2. The third kappa shape index (κ3) is 4.21. The number of nitrogens with zero attached hydrogens (tertiary/aromatic N) is 2. The predicted molar refractivity (Wildman–Crippen MR) is 71.8 cm³/mol. The summed E-state index contributed by atoms with van der Waals surface area (Å²) in [6, 6.07) is 3.07. The molecule has 5 nitrogen and oxygen atoms in total. The summed E-state index contributed by atoms with van der Waals surface area (Å²) < 4.78 is 23.4. The number of rotatable bonds is 6. The summed E-state index contributed by atoms with van der Waals surface area (Å²) >= 11 is 0. The third-order valence-electron chi connectivity index (χ3n) is 3.50. The van der Waals surface area contributed by atoms with Crippen molar-refractivity contribution in [2.75, 3.05) is 40.0 Å². The van der Waals surface area contributed by atoms with E-state index in [4.69, 9.17) is 9.47 Å². The second-order valence-corrected chi connectivity index (χ2v) is 4.92. The van der Waals surface area contributed by atoms with Crippen molar-refractivity contribution >= 4 is 0 Å². The lowest BCUT2D eigenvalue weighted by Crippen LogP contribution is -2.47. The van der Waals surface area contributed by atoms with Crippen LogP contribution in [0, 0.1) is 5.82 Å². The first-order valence-corrected chi connectivity index (χ1v) is 6.81. The highest BCUT2D eigenvalue weighted by atomic mass is 19.1. The Balaban J connectivity index is 1.93. The number of morpholine rings is 1. The van der Waals surface area contributed by atoms with E-state index in [1.165, 1.54) is 12.1 Å². The van der Waals surface area contributed by atoms with E-state index in [1.54, 1.807) is 7.11 Å². The van der Waals surface area contributed by atoms with Gasteiger partial charge < -0.3 is 14.6 Å². The van der Waals surface area contributed by atoms with Crippen LogP contribution in [-0.4, -0.2) is 61.1 Å². The Morgan fingerprint density at radius 2 is 2.45 bits per heavy atom. The van der Waals surface area contributed by atoms with Crippen molar-refractivity contribution in [1.82, 2.24) is 9.88 Å². The molecule has 1 aliphatic heterocycles. The van der Waals surface area contributed by atoms with E-state index in [1.807, 2.05) is 0 Å². The van der Waals surface area contributed by atoms with Gasteiger partial charge in [-0.1, -0.05) is 0 Å². The molecule has 1 aliphatic rings. The summed E-state index contributed by atoms with van der Waals surface area (Å²) in [6.07, 6.45) is 1.26. The zero-order chi connectivity index (χ0) is 14.4. The maximum absolute atomic E-state index is 12.8. The highest BCUT2D eigenvalue weighted by molar-refractivity contribution is 5.08. The highest BCUT2D eigenvalue weighted by Gasteiger charge is 2.25. The maximum Gasteiger partial charge on any atom is 0.141 e. The smallest absolute Gasteiger partial charge is 0.141 e. The standard InChI is InChI=1S/C14H21FN2O3/c1-19-6-4-12-10-20-7-5-17(12)9-14(18)13-3-2-11(15)8-16-13/h2-3,8,12,14,18H,4-7,9-10H2,1H3. The first-order valence-electron chi connectivity index (χ1n) is 6.81. The third-order valence-corrected chi connectivity index (χ3v) is 3.50. The van der Waals surface area contributed by atoms with Crippen LogP contribution < -0.4 is 0 Å².